The van der Waals surface area contributed by atoms with Gasteiger partial charge in [-0.25, -0.2) is 0 Å². The van der Waals surface area contributed by atoms with Crippen molar-refractivity contribution in [3.05, 3.63) is 40.2 Å². The average molecular weight is 268 g/mol. The lowest BCUT2D eigenvalue weighted by atomic mass is 10.1. The van der Waals surface area contributed by atoms with Gasteiger partial charge in [0.1, 0.15) is 5.75 Å². The maximum Gasteiger partial charge on any atom is 0.248 e. The Morgan fingerprint density at radius 2 is 2.27 bits per heavy atom. The van der Waals surface area contributed by atoms with E-state index in [-0.39, 0.29) is 5.56 Å². The zero-order valence-electron chi connectivity index (χ0n) is 8.21. The van der Waals surface area contributed by atoms with Gasteiger partial charge in [-0.3, -0.25) is 4.79 Å². The Bertz CT molecular complexity index is 548. The Balaban J connectivity index is 2.88. The van der Waals surface area contributed by atoms with Gasteiger partial charge < -0.3 is 9.72 Å². The van der Waals surface area contributed by atoms with Gasteiger partial charge in [-0.15, -0.1) is 0 Å². The first-order valence-corrected chi connectivity index (χ1v) is 5.63. The second-order valence-electron chi connectivity index (χ2n) is 3.18. The SMILES string of the molecule is COc1cccc2c(CBr)cc(=O)[nH]c12. The third kappa shape index (κ3) is 1.77. The van der Waals surface area contributed by atoms with E-state index in [9.17, 15) is 4.79 Å². The summed E-state index contributed by atoms with van der Waals surface area (Å²) in [6.45, 7) is 0. The van der Waals surface area contributed by atoms with Gasteiger partial charge in [0.05, 0.1) is 12.6 Å². The molecule has 1 aromatic heterocycles. The van der Waals surface area contributed by atoms with Crippen LogP contribution in [0.5, 0.6) is 5.75 Å². The van der Waals surface area contributed by atoms with E-state index in [0.29, 0.717) is 11.1 Å². The maximum absolute atomic E-state index is 11.4. The number of H-pyrrole nitrogens is 1. The number of alkyl halides is 1. The van der Waals surface area contributed by atoms with Crippen molar-refractivity contribution in [3.63, 3.8) is 0 Å². The van der Waals surface area contributed by atoms with E-state index < -0.39 is 0 Å². The molecule has 0 radical (unpaired) electrons. The molecule has 1 aromatic carbocycles. The predicted octanol–water partition coefficient (Wildman–Crippen LogP) is 2.43. The van der Waals surface area contributed by atoms with Gasteiger partial charge in [0, 0.05) is 16.8 Å². The van der Waals surface area contributed by atoms with Crippen LogP contribution in [0.15, 0.2) is 29.1 Å². The minimum atomic E-state index is -0.110. The summed E-state index contributed by atoms with van der Waals surface area (Å²) in [6, 6.07) is 7.29. The highest BCUT2D eigenvalue weighted by Gasteiger charge is 2.06. The number of hydrogen-bond acceptors (Lipinski definition) is 2. The highest BCUT2D eigenvalue weighted by atomic mass is 79.9. The molecule has 1 N–H and O–H groups in total. The van der Waals surface area contributed by atoms with Crippen molar-refractivity contribution >= 4 is 26.8 Å². The van der Waals surface area contributed by atoms with Gasteiger partial charge in [0.2, 0.25) is 5.56 Å². The van der Waals surface area contributed by atoms with Gasteiger partial charge in [0.25, 0.3) is 0 Å². The molecule has 15 heavy (non-hydrogen) atoms. The molecule has 0 aliphatic rings. The number of nitrogens with one attached hydrogen (secondary N) is 1. The van der Waals surface area contributed by atoms with Gasteiger partial charge in [-0.05, 0) is 11.6 Å². The largest absolute Gasteiger partial charge is 0.495 e. The van der Waals surface area contributed by atoms with E-state index >= 15 is 0 Å². The third-order valence-electron chi connectivity index (χ3n) is 2.29. The molecule has 0 bridgehead atoms. The van der Waals surface area contributed by atoms with Crippen LogP contribution >= 0.6 is 15.9 Å². The first-order valence-electron chi connectivity index (χ1n) is 4.51. The fourth-order valence-corrected chi connectivity index (χ4v) is 2.07. The summed E-state index contributed by atoms with van der Waals surface area (Å²) in [5.41, 5.74) is 1.61. The van der Waals surface area contributed by atoms with Crippen LogP contribution in [0.4, 0.5) is 0 Å². The number of hydrogen-bond donors (Lipinski definition) is 1. The number of aromatic nitrogens is 1. The lowest BCUT2D eigenvalue weighted by Gasteiger charge is -2.07. The van der Waals surface area contributed by atoms with Crippen LogP contribution in [0, 0.1) is 0 Å². The quantitative estimate of drug-likeness (QED) is 0.850. The zero-order valence-corrected chi connectivity index (χ0v) is 9.80. The van der Waals surface area contributed by atoms with Crippen LogP contribution in [-0.4, -0.2) is 12.1 Å². The Hall–Kier alpha value is -1.29. The Morgan fingerprint density at radius 3 is 2.93 bits per heavy atom. The molecule has 4 heteroatoms. The maximum atomic E-state index is 11.4. The highest BCUT2D eigenvalue weighted by Crippen LogP contribution is 2.25. The summed E-state index contributed by atoms with van der Waals surface area (Å²) in [6.07, 6.45) is 0. The summed E-state index contributed by atoms with van der Waals surface area (Å²) >= 11 is 3.37. The Labute approximate surface area is 95.2 Å². The Morgan fingerprint density at radius 1 is 1.47 bits per heavy atom. The van der Waals surface area contributed by atoms with Crippen molar-refractivity contribution in [3.8, 4) is 5.75 Å². The monoisotopic (exact) mass is 267 g/mol. The first kappa shape index (κ1) is 10.2. The zero-order chi connectivity index (χ0) is 10.8. The van der Waals surface area contributed by atoms with Crippen molar-refractivity contribution in [1.29, 1.82) is 0 Å². The first-order chi connectivity index (χ1) is 7.26. The second kappa shape index (κ2) is 4.06. The van der Waals surface area contributed by atoms with Crippen LogP contribution < -0.4 is 10.3 Å². The fourth-order valence-electron chi connectivity index (χ4n) is 1.60. The number of fused-ring (bicyclic) bond motifs is 1. The summed E-state index contributed by atoms with van der Waals surface area (Å²) in [5, 5.41) is 1.66. The molecule has 0 unspecified atom stereocenters. The van der Waals surface area contributed by atoms with Gasteiger partial charge in [0.15, 0.2) is 0 Å². The van der Waals surface area contributed by atoms with E-state index in [0.717, 1.165) is 16.5 Å². The number of aromatic amines is 1. The van der Waals surface area contributed by atoms with E-state index in [1.165, 1.54) is 0 Å². The summed E-state index contributed by atoms with van der Waals surface area (Å²) in [4.78, 5) is 14.2. The fraction of sp³-hybridized carbons (Fsp3) is 0.182. The number of halogens is 1. The molecule has 0 spiro atoms. The topological polar surface area (TPSA) is 42.1 Å². The van der Waals surface area contributed by atoms with Crippen LogP contribution in [0.2, 0.25) is 0 Å². The van der Waals surface area contributed by atoms with Crippen molar-refractivity contribution < 1.29 is 4.74 Å². The predicted molar refractivity (Wildman–Crippen MR) is 63.8 cm³/mol. The number of ether oxygens (including phenoxy) is 1. The average Bonchev–Trinajstić information content (AvgIpc) is 2.27. The van der Waals surface area contributed by atoms with Crippen molar-refractivity contribution in [2.45, 2.75) is 5.33 Å². The van der Waals surface area contributed by atoms with E-state index in [1.807, 2.05) is 18.2 Å². The minimum absolute atomic E-state index is 0.110. The number of pyridine rings is 1. The van der Waals surface area contributed by atoms with Gasteiger partial charge in [-0.1, -0.05) is 28.1 Å². The molecule has 3 nitrogen and oxygen atoms in total. The van der Waals surface area contributed by atoms with Gasteiger partial charge in [-0.2, -0.15) is 0 Å². The number of methoxy groups -OCH3 is 1. The molecule has 0 aliphatic heterocycles. The normalized spacial score (nSPS) is 10.5. The van der Waals surface area contributed by atoms with E-state index in [1.54, 1.807) is 13.2 Å². The summed E-state index contributed by atoms with van der Waals surface area (Å²) < 4.78 is 5.20. The number of rotatable bonds is 2. The van der Waals surface area contributed by atoms with Crippen molar-refractivity contribution in [2.75, 3.05) is 7.11 Å². The molecule has 0 saturated heterocycles. The minimum Gasteiger partial charge on any atom is -0.495 e. The lowest BCUT2D eigenvalue weighted by Crippen LogP contribution is -2.06. The van der Waals surface area contributed by atoms with Gasteiger partial charge >= 0.3 is 0 Å². The standard InChI is InChI=1S/C11H10BrNO2/c1-15-9-4-2-3-8-7(6-12)5-10(14)13-11(8)9/h2-5H,6H2,1H3,(H,13,14). The van der Waals surface area contributed by atoms with Crippen molar-refractivity contribution in [2.24, 2.45) is 0 Å². The molecule has 1 heterocycles. The van der Waals surface area contributed by atoms with Crippen molar-refractivity contribution in [1.82, 2.24) is 4.98 Å². The molecular weight excluding hydrogens is 258 g/mol. The molecule has 0 aliphatic carbocycles. The Kier molecular flexibility index (Phi) is 2.77. The van der Waals surface area contributed by atoms with E-state index in [4.69, 9.17) is 4.74 Å². The molecular formula is C11H10BrNO2. The molecule has 0 amide bonds. The second-order valence-corrected chi connectivity index (χ2v) is 3.74. The molecule has 78 valence electrons. The van der Waals surface area contributed by atoms with Crippen LogP contribution in [0.1, 0.15) is 5.56 Å². The summed E-state index contributed by atoms with van der Waals surface area (Å²) in [7, 11) is 1.59. The van der Waals surface area contributed by atoms with E-state index in [2.05, 4.69) is 20.9 Å². The molecule has 0 atom stereocenters. The molecule has 2 rings (SSSR count). The van der Waals surface area contributed by atoms with Crippen LogP contribution in [-0.2, 0) is 5.33 Å². The number of para-hydroxylation sites is 1. The van der Waals surface area contributed by atoms with Crippen LogP contribution in [0.3, 0.4) is 0 Å². The van der Waals surface area contributed by atoms with Crippen LogP contribution in [0.25, 0.3) is 10.9 Å². The smallest absolute Gasteiger partial charge is 0.248 e. The highest BCUT2D eigenvalue weighted by molar-refractivity contribution is 9.08. The lowest BCUT2D eigenvalue weighted by molar-refractivity contribution is 0.419. The molecule has 0 fully saturated rings. The molecule has 0 saturated carbocycles. The summed E-state index contributed by atoms with van der Waals surface area (Å²) in [5.74, 6) is 0.687. The molecule has 2 aromatic rings. The number of benzene rings is 1. The third-order valence-corrected chi connectivity index (χ3v) is 2.89.